The standard InChI is InChI=1S/C15H37NO2Si2/c1-10-16(19(7,8)15(2,3)4)13-11-12-14-20(9,17-5)18-6/h10-14H2,1-9H3. The highest BCUT2D eigenvalue weighted by Gasteiger charge is 2.39. The van der Waals surface area contributed by atoms with Gasteiger partial charge in [-0.05, 0) is 37.1 Å². The molecule has 0 aliphatic rings. The molecule has 0 rings (SSSR count). The zero-order chi connectivity index (χ0) is 16.0. The maximum Gasteiger partial charge on any atom is 0.334 e. The summed E-state index contributed by atoms with van der Waals surface area (Å²) in [7, 11) is 0.329. The molecule has 0 bridgehead atoms. The fraction of sp³-hybridized carbons (Fsp3) is 1.00. The second-order valence-electron chi connectivity index (χ2n) is 7.39. The Morgan fingerprint density at radius 1 is 0.950 bits per heavy atom. The summed E-state index contributed by atoms with van der Waals surface area (Å²) < 4.78 is 13.8. The van der Waals surface area contributed by atoms with E-state index in [1.807, 2.05) is 0 Å². The van der Waals surface area contributed by atoms with Crippen molar-refractivity contribution in [3.63, 3.8) is 0 Å². The van der Waals surface area contributed by atoms with E-state index in [0.29, 0.717) is 5.04 Å². The average Bonchev–Trinajstić information content (AvgIpc) is 2.36. The van der Waals surface area contributed by atoms with E-state index in [2.05, 4.69) is 51.9 Å². The lowest BCUT2D eigenvalue weighted by atomic mass is 10.2. The van der Waals surface area contributed by atoms with Gasteiger partial charge in [0.15, 0.2) is 0 Å². The molecule has 0 N–H and O–H groups in total. The monoisotopic (exact) mass is 319 g/mol. The summed E-state index contributed by atoms with van der Waals surface area (Å²) >= 11 is 0. The van der Waals surface area contributed by atoms with Gasteiger partial charge in [0, 0.05) is 14.2 Å². The number of nitrogens with zero attached hydrogens (tertiary/aromatic N) is 1. The normalized spacial score (nSPS) is 14.1. The van der Waals surface area contributed by atoms with Gasteiger partial charge in [0.2, 0.25) is 0 Å². The molecule has 20 heavy (non-hydrogen) atoms. The predicted octanol–water partition coefficient (Wildman–Crippen LogP) is 4.46. The summed E-state index contributed by atoms with van der Waals surface area (Å²) in [6.07, 6.45) is 2.45. The first-order valence-corrected chi connectivity index (χ1v) is 13.4. The van der Waals surface area contributed by atoms with Crippen LogP contribution in [-0.4, -0.2) is 48.7 Å². The second-order valence-corrected chi connectivity index (χ2v) is 16.2. The Balaban J connectivity index is 4.35. The smallest absolute Gasteiger partial charge is 0.334 e. The second kappa shape index (κ2) is 8.08. The van der Waals surface area contributed by atoms with Gasteiger partial charge in [-0.1, -0.05) is 47.2 Å². The summed E-state index contributed by atoms with van der Waals surface area (Å²) in [5, 5.41) is 0.422. The van der Waals surface area contributed by atoms with Crippen LogP contribution in [0, 0.1) is 0 Å². The molecule has 0 amide bonds. The first-order valence-electron chi connectivity index (χ1n) is 7.89. The summed E-state index contributed by atoms with van der Waals surface area (Å²) in [5.74, 6) is 0. The molecule has 122 valence electrons. The van der Waals surface area contributed by atoms with Crippen molar-refractivity contribution >= 4 is 16.8 Å². The lowest BCUT2D eigenvalue weighted by Crippen LogP contribution is -2.55. The lowest BCUT2D eigenvalue weighted by Gasteiger charge is -2.45. The average molecular weight is 320 g/mol. The minimum atomic E-state index is -1.87. The van der Waals surface area contributed by atoms with Gasteiger partial charge in [-0.15, -0.1) is 0 Å². The number of hydrogen-bond donors (Lipinski definition) is 0. The van der Waals surface area contributed by atoms with Crippen LogP contribution in [0.4, 0.5) is 0 Å². The fourth-order valence-electron chi connectivity index (χ4n) is 2.34. The van der Waals surface area contributed by atoms with Crippen LogP contribution in [0.5, 0.6) is 0 Å². The van der Waals surface area contributed by atoms with E-state index in [0.717, 1.165) is 6.04 Å². The molecule has 3 nitrogen and oxygen atoms in total. The van der Waals surface area contributed by atoms with E-state index in [9.17, 15) is 0 Å². The first kappa shape index (κ1) is 20.3. The Kier molecular flexibility index (Phi) is 8.21. The third-order valence-corrected chi connectivity index (χ3v) is 14.0. The number of unbranched alkanes of at least 4 members (excludes halogenated alkanes) is 1. The summed E-state index contributed by atoms with van der Waals surface area (Å²) in [4.78, 5) is 0. The Morgan fingerprint density at radius 3 is 1.80 bits per heavy atom. The molecule has 0 atom stereocenters. The van der Waals surface area contributed by atoms with E-state index in [-0.39, 0.29) is 0 Å². The van der Waals surface area contributed by atoms with Crippen molar-refractivity contribution in [3.8, 4) is 0 Å². The van der Waals surface area contributed by atoms with Crippen LogP contribution in [0.3, 0.4) is 0 Å². The number of rotatable bonds is 9. The topological polar surface area (TPSA) is 21.7 Å². The molecule has 0 fully saturated rings. The van der Waals surface area contributed by atoms with Gasteiger partial charge in [-0.2, -0.15) is 0 Å². The van der Waals surface area contributed by atoms with Crippen LogP contribution in [0.15, 0.2) is 0 Å². The summed E-state index contributed by atoms with van der Waals surface area (Å²) in [6.45, 7) is 19.0. The van der Waals surface area contributed by atoms with Gasteiger partial charge in [0.05, 0.1) is 0 Å². The molecule has 0 unspecified atom stereocenters. The van der Waals surface area contributed by atoms with Gasteiger partial charge in [-0.25, -0.2) is 0 Å². The van der Waals surface area contributed by atoms with Crippen LogP contribution < -0.4 is 0 Å². The maximum absolute atomic E-state index is 5.55. The molecule has 0 saturated carbocycles. The molecule has 0 saturated heterocycles. The van der Waals surface area contributed by atoms with E-state index >= 15 is 0 Å². The Bertz CT molecular complexity index is 274. The van der Waals surface area contributed by atoms with Crippen LogP contribution in [0.1, 0.15) is 40.5 Å². The molecular formula is C15H37NO2Si2. The van der Waals surface area contributed by atoms with E-state index < -0.39 is 16.8 Å². The van der Waals surface area contributed by atoms with Gasteiger partial charge in [0.25, 0.3) is 0 Å². The third-order valence-electron chi connectivity index (χ3n) is 5.18. The quantitative estimate of drug-likeness (QED) is 0.462. The van der Waals surface area contributed by atoms with Crippen molar-refractivity contribution in [2.24, 2.45) is 0 Å². The van der Waals surface area contributed by atoms with Crippen molar-refractivity contribution in [2.45, 2.75) is 71.3 Å². The Morgan fingerprint density at radius 2 is 1.45 bits per heavy atom. The highest BCUT2D eigenvalue weighted by molar-refractivity contribution is 6.77. The van der Waals surface area contributed by atoms with Crippen LogP contribution >= 0.6 is 0 Å². The highest BCUT2D eigenvalue weighted by atomic mass is 28.4. The van der Waals surface area contributed by atoms with Gasteiger partial charge in [0.1, 0.15) is 8.24 Å². The van der Waals surface area contributed by atoms with E-state index in [4.69, 9.17) is 8.85 Å². The fourth-order valence-corrected chi connectivity index (χ4v) is 6.27. The van der Waals surface area contributed by atoms with Gasteiger partial charge >= 0.3 is 8.56 Å². The molecule has 0 aromatic carbocycles. The lowest BCUT2D eigenvalue weighted by molar-refractivity contribution is 0.247. The molecule has 5 heteroatoms. The van der Waals surface area contributed by atoms with E-state index in [1.54, 1.807) is 14.2 Å². The van der Waals surface area contributed by atoms with Crippen molar-refractivity contribution in [1.82, 2.24) is 4.57 Å². The molecule has 0 radical (unpaired) electrons. The van der Waals surface area contributed by atoms with Gasteiger partial charge < -0.3 is 13.4 Å². The minimum absolute atomic E-state index is 0.422. The van der Waals surface area contributed by atoms with Crippen molar-refractivity contribution in [3.05, 3.63) is 0 Å². The van der Waals surface area contributed by atoms with Crippen molar-refractivity contribution < 1.29 is 8.85 Å². The zero-order valence-corrected chi connectivity index (χ0v) is 17.3. The molecule has 0 aromatic rings. The molecule has 0 spiro atoms. The molecule has 0 aliphatic carbocycles. The van der Waals surface area contributed by atoms with Crippen LogP contribution in [-0.2, 0) is 8.85 Å². The zero-order valence-electron chi connectivity index (χ0n) is 15.3. The molecular weight excluding hydrogens is 282 g/mol. The van der Waals surface area contributed by atoms with Crippen molar-refractivity contribution in [2.75, 3.05) is 27.3 Å². The molecule has 0 aromatic heterocycles. The Labute approximate surface area is 129 Å². The minimum Gasteiger partial charge on any atom is -0.398 e. The molecule has 0 aliphatic heterocycles. The number of hydrogen-bond acceptors (Lipinski definition) is 3. The SMILES string of the molecule is CCN(CCCC[Si](C)(OC)OC)[Si](C)(C)C(C)(C)C. The van der Waals surface area contributed by atoms with Crippen LogP contribution in [0.25, 0.3) is 0 Å². The van der Waals surface area contributed by atoms with Crippen LogP contribution in [0.2, 0.25) is 30.7 Å². The first-order chi connectivity index (χ1) is 9.04. The van der Waals surface area contributed by atoms with Crippen molar-refractivity contribution in [1.29, 1.82) is 0 Å². The largest absolute Gasteiger partial charge is 0.398 e. The third kappa shape index (κ3) is 5.60. The van der Waals surface area contributed by atoms with E-state index in [1.165, 1.54) is 25.9 Å². The summed E-state index contributed by atoms with van der Waals surface area (Å²) in [6, 6.07) is 1.09. The van der Waals surface area contributed by atoms with Gasteiger partial charge in [-0.3, -0.25) is 0 Å². The Hall–Kier alpha value is 0.314. The maximum atomic E-state index is 5.55. The molecule has 0 heterocycles. The predicted molar refractivity (Wildman–Crippen MR) is 94.1 cm³/mol. The highest BCUT2D eigenvalue weighted by Crippen LogP contribution is 2.38. The summed E-state index contributed by atoms with van der Waals surface area (Å²) in [5.41, 5.74) is 0.